The first kappa shape index (κ1) is 18.1. The smallest absolute Gasteiger partial charge is 0.450 e. The minimum absolute atomic E-state index is 0.251. The van der Waals surface area contributed by atoms with Gasteiger partial charge in [-0.1, -0.05) is 17.7 Å². The zero-order valence-corrected chi connectivity index (χ0v) is 12.9. The van der Waals surface area contributed by atoms with Crippen molar-refractivity contribution in [3.05, 3.63) is 45.7 Å². The summed E-state index contributed by atoms with van der Waals surface area (Å²) in [6.45, 7) is 6.34. The van der Waals surface area contributed by atoms with Gasteiger partial charge in [0.25, 0.3) is 0 Å². The monoisotopic (exact) mass is 313 g/mol. The molecule has 0 saturated carbocycles. The minimum Gasteiger partial charge on any atom is -0.488 e. The van der Waals surface area contributed by atoms with Gasteiger partial charge in [0.05, 0.1) is 6.61 Å². The molecular weight excluding hydrogens is 295 g/mol. The SMILES string of the molecule is CCO/C(=C(\C#N)C(O)c1c(C)cc(C)cc1C)C(F)(F)F. The number of ether oxygens (including phenoxy) is 1. The normalized spacial score (nSPS) is 14.1. The number of aryl methyl sites for hydroxylation is 3. The van der Waals surface area contributed by atoms with E-state index in [2.05, 4.69) is 4.74 Å². The Hall–Kier alpha value is -2.00. The molecule has 0 fully saturated rings. The second-order valence-corrected chi connectivity index (χ2v) is 5.00. The fraction of sp³-hybridized carbons (Fsp3) is 0.438. The molecule has 120 valence electrons. The molecular formula is C16H18F3NO2. The van der Waals surface area contributed by atoms with Crippen molar-refractivity contribution in [2.45, 2.75) is 40.0 Å². The highest BCUT2D eigenvalue weighted by Crippen LogP contribution is 2.36. The number of rotatable bonds is 4. The summed E-state index contributed by atoms with van der Waals surface area (Å²) in [5, 5.41) is 19.4. The Balaban J connectivity index is 3.52. The van der Waals surface area contributed by atoms with Gasteiger partial charge < -0.3 is 9.84 Å². The van der Waals surface area contributed by atoms with E-state index in [1.807, 2.05) is 6.92 Å². The van der Waals surface area contributed by atoms with Gasteiger partial charge in [-0.15, -0.1) is 0 Å². The molecule has 6 heteroatoms. The summed E-state index contributed by atoms with van der Waals surface area (Å²) in [6, 6.07) is 4.93. The average molecular weight is 313 g/mol. The van der Waals surface area contributed by atoms with Crippen molar-refractivity contribution in [1.82, 2.24) is 0 Å². The van der Waals surface area contributed by atoms with Crippen molar-refractivity contribution >= 4 is 0 Å². The van der Waals surface area contributed by atoms with Crippen LogP contribution in [0.3, 0.4) is 0 Å². The summed E-state index contributed by atoms with van der Waals surface area (Å²) in [5.41, 5.74) is 1.63. The molecule has 0 saturated heterocycles. The number of aliphatic hydroxyl groups is 1. The van der Waals surface area contributed by atoms with E-state index in [0.29, 0.717) is 16.7 Å². The fourth-order valence-corrected chi connectivity index (χ4v) is 2.46. The number of aliphatic hydroxyl groups excluding tert-OH is 1. The molecule has 0 heterocycles. The molecule has 1 unspecified atom stereocenters. The summed E-state index contributed by atoms with van der Waals surface area (Å²) >= 11 is 0. The van der Waals surface area contributed by atoms with Gasteiger partial charge in [-0.2, -0.15) is 18.4 Å². The Morgan fingerprint density at radius 3 is 2.14 bits per heavy atom. The number of hydrogen-bond acceptors (Lipinski definition) is 3. The summed E-state index contributed by atoms with van der Waals surface area (Å²) in [5.74, 6) is -1.44. The van der Waals surface area contributed by atoms with Crippen LogP contribution in [-0.4, -0.2) is 17.9 Å². The van der Waals surface area contributed by atoms with Gasteiger partial charge in [0.2, 0.25) is 5.76 Å². The van der Waals surface area contributed by atoms with Crippen LogP contribution in [0.15, 0.2) is 23.5 Å². The van der Waals surface area contributed by atoms with Gasteiger partial charge in [-0.3, -0.25) is 0 Å². The lowest BCUT2D eigenvalue weighted by molar-refractivity contribution is -0.132. The quantitative estimate of drug-likeness (QED) is 0.674. The molecule has 1 aromatic carbocycles. The first-order valence-corrected chi connectivity index (χ1v) is 6.73. The third-order valence-corrected chi connectivity index (χ3v) is 3.20. The number of halogens is 3. The Kier molecular flexibility index (Phi) is 5.61. The van der Waals surface area contributed by atoms with Gasteiger partial charge in [-0.25, -0.2) is 0 Å². The van der Waals surface area contributed by atoms with Gasteiger partial charge in [0.15, 0.2) is 0 Å². The summed E-state index contributed by atoms with van der Waals surface area (Å²) < 4.78 is 43.7. The second-order valence-electron chi connectivity index (χ2n) is 5.00. The zero-order valence-electron chi connectivity index (χ0n) is 12.9. The van der Waals surface area contributed by atoms with Crippen LogP contribution in [0.25, 0.3) is 0 Å². The molecule has 0 amide bonds. The third kappa shape index (κ3) is 3.80. The molecule has 1 rings (SSSR count). The van der Waals surface area contributed by atoms with E-state index in [0.717, 1.165) is 5.56 Å². The molecule has 0 aliphatic heterocycles. The minimum atomic E-state index is -4.84. The van der Waals surface area contributed by atoms with Crippen LogP contribution in [0.4, 0.5) is 13.2 Å². The molecule has 0 radical (unpaired) electrons. The van der Waals surface area contributed by atoms with Crippen molar-refractivity contribution in [3.63, 3.8) is 0 Å². The van der Waals surface area contributed by atoms with Crippen LogP contribution in [0.5, 0.6) is 0 Å². The molecule has 3 nitrogen and oxygen atoms in total. The standard InChI is InChI=1S/C16H18F3NO2/c1-5-22-15(16(17,18)19)12(8-20)14(21)13-10(3)6-9(2)7-11(13)4/h6-7,14,21H,5H2,1-4H3/b15-12+. The highest BCUT2D eigenvalue weighted by atomic mass is 19.4. The Morgan fingerprint density at radius 2 is 1.77 bits per heavy atom. The van der Waals surface area contributed by atoms with E-state index < -0.39 is 23.6 Å². The highest BCUT2D eigenvalue weighted by Gasteiger charge is 2.41. The fourth-order valence-electron chi connectivity index (χ4n) is 2.46. The second kappa shape index (κ2) is 6.84. The zero-order chi connectivity index (χ0) is 17.1. The summed E-state index contributed by atoms with van der Waals surface area (Å²) in [4.78, 5) is 0. The summed E-state index contributed by atoms with van der Waals surface area (Å²) in [6.07, 6.45) is -6.53. The van der Waals surface area contributed by atoms with Gasteiger partial charge in [0.1, 0.15) is 17.7 Å². The number of allylic oxidation sites excluding steroid dienone is 1. The van der Waals surface area contributed by atoms with Crippen LogP contribution >= 0.6 is 0 Å². The Labute approximate surface area is 127 Å². The van der Waals surface area contributed by atoms with Crippen LogP contribution in [0, 0.1) is 32.1 Å². The van der Waals surface area contributed by atoms with E-state index in [9.17, 15) is 18.3 Å². The number of nitrogens with zero attached hydrogens (tertiary/aromatic N) is 1. The lowest BCUT2D eigenvalue weighted by Crippen LogP contribution is -2.20. The molecule has 1 atom stereocenters. The third-order valence-electron chi connectivity index (χ3n) is 3.20. The average Bonchev–Trinajstić information content (AvgIpc) is 2.36. The molecule has 1 aromatic rings. The Bertz CT molecular complexity index is 604. The van der Waals surface area contributed by atoms with Crippen LogP contribution in [0.2, 0.25) is 0 Å². The highest BCUT2D eigenvalue weighted by molar-refractivity contribution is 5.46. The number of hydrogen-bond donors (Lipinski definition) is 1. The van der Waals surface area contributed by atoms with Crippen molar-refractivity contribution in [3.8, 4) is 6.07 Å². The molecule has 0 aromatic heterocycles. The van der Waals surface area contributed by atoms with Gasteiger partial charge in [-0.05, 0) is 44.4 Å². The maximum Gasteiger partial charge on any atom is 0.450 e. The van der Waals surface area contributed by atoms with Crippen LogP contribution in [-0.2, 0) is 4.74 Å². The van der Waals surface area contributed by atoms with Gasteiger partial charge >= 0.3 is 6.18 Å². The van der Waals surface area contributed by atoms with Crippen LogP contribution in [0.1, 0.15) is 35.3 Å². The Morgan fingerprint density at radius 1 is 1.27 bits per heavy atom. The summed E-state index contributed by atoms with van der Waals surface area (Å²) in [7, 11) is 0. The van der Waals surface area contributed by atoms with Gasteiger partial charge in [0, 0.05) is 0 Å². The molecule has 22 heavy (non-hydrogen) atoms. The van der Waals surface area contributed by atoms with E-state index >= 15 is 0 Å². The van der Waals surface area contributed by atoms with Crippen molar-refractivity contribution < 1.29 is 23.0 Å². The molecule has 0 aliphatic carbocycles. The number of benzene rings is 1. The van der Waals surface area contributed by atoms with E-state index in [-0.39, 0.29) is 6.61 Å². The first-order valence-electron chi connectivity index (χ1n) is 6.73. The first-order chi connectivity index (χ1) is 10.1. The van der Waals surface area contributed by atoms with E-state index in [1.165, 1.54) is 13.0 Å². The topological polar surface area (TPSA) is 53.2 Å². The van der Waals surface area contributed by atoms with E-state index in [4.69, 9.17) is 5.26 Å². The molecule has 1 N–H and O–H groups in total. The predicted molar refractivity (Wildman–Crippen MR) is 75.9 cm³/mol. The van der Waals surface area contributed by atoms with E-state index in [1.54, 1.807) is 26.0 Å². The number of alkyl halides is 3. The largest absolute Gasteiger partial charge is 0.488 e. The maximum absolute atomic E-state index is 13.0. The van der Waals surface area contributed by atoms with Crippen LogP contribution < -0.4 is 0 Å². The van der Waals surface area contributed by atoms with Crippen molar-refractivity contribution in [2.75, 3.05) is 6.61 Å². The maximum atomic E-state index is 13.0. The van der Waals surface area contributed by atoms with Crippen molar-refractivity contribution in [2.24, 2.45) is 0 Å². The molecule has 0 aliphatic rings. The van der Waals surface area contributed by atoms with Crippen molar-refractivity contribution in [1.29, 1.82) is 5.26 Å². The molecule has 0 spiro atoms. The lowest BCUT2D eigenvalue weighted by atomic mass is 9.91. The number of nitriles is 1. The lowest BCUT2D eigenvalue weighted by Gasteiger charge is -2.20. The predicted octanol–water partition coefficient (Wildman–Crippen LogP) is 4.02. The molecule has 0 bridgehead atoms.